The highest BCUT2D eigenvalue weighted by molar-refractivity contribution is 5.97. The van der Waals surface area contributed by atoms with Crippen LogP contribution >= 0.6 is 0 Å². The van der Waals surface area contributed by atoms with Gasteiger partial charge in [0.15, 0.2) is 31.3 Å². The number of rotatable bonds is 20. The Morgan fingerprint density at radius 2 is 1.33 bits per heavy atom. The molecule has 8 atom stereocenters. The van der Waals surface area contributed by atoms with Gasteiger partial charge in [-0.2, -0.15) is 26.3 Å². The third-order valence-corrected chi connectivity index (χ3v) is 13.0. The Balaban J connectivity index is 0.000000278. The predicted molar refractivity (Wildman–Crippen MR) is 299 cm³/mol. The summed E-state index contributed by atoms with van der Waals surface area (Å²) in [6.45, 7) is 6.14. The van der Waals surface area contributed by atoms with Crippen molar-refractivity contribution >= 4 is 36.0 Å². The van der Waals surface area contributed by atoms with E-state index in [0.717, 1.165) is 12.2 Å². The molecule has 3 heterocycles. The molecule has 2 saturated heterocycles. The molecular formula is C62H68F6O19. The van der Waals surface area contributed by atoms with E-state index in [2.05, 4.69) is 0 Å². The van der Waals surface area contributed by atoms with Gasteiger partial charge in [-0.15, -0.1) is 0 Å². The maximum absolute atomic E-state index is 14.1. The van der Waals surface area contributed by atoms with Gasteiger partial charge >= 0.3 is 36.2 Å². The number of fused-ring (bicyclic) bond motifs is 2. The van der Waals surface area contributed by atoms with Gasteiger partial charge in [0, 0.05) is 39.2 Å². The minimum atomic E-state index is -4.92. The minimum Gasteiger partial charge on any atom is -0.497 e. The molecule has 19 nitrogen and oxygen atoms in total. The molecule has 0 saturated carbocycles. The van der Waals surface area contributed by atoms with E-state index in [1.54, 1.807) is 88.4 Å². The normalized spacial score (nSPS) is 22.4. The lowest BCUT2D eigenvalue weighted by Crippen LogP contribution is -2.38. The average Bonchev–Trinajstić information content (AvgIpc) is 2.72. The molecule has 0 amide bonds. The van der Waals surface area contributed by atoms with Crippen molar-refractivity contribution in [1.29, 1.82) is 0 Å². The van der Waals surface area contributed by atoms with E-state index < -0.39 is 109 Å². The second-order valence-corrected chi connectivity index (χ2v) is 20.4. The van der Waals surface area contributed by atoms with Crippen molar-refractivity contribution in [2.75, 3.05) is 42.0 Å². The van der Waals surface area contributed by atoms with Crippen molar-refractivity contribution in [3.8, 4) is 23.0 Å². The van der Waals surface area contributed by atoms with Gasteiger partial charge < -0.3 is 71.8 Å². The van der Waals surface area contributed by atoms with Gasteiger partial charge in [0.25, 0.3) is 0 Å². The van der Waals surface area contributed by atoms with Crippen molar-refractivity contribution in [1.82, 2.24) is 0 Å². The van der Waals surface area contributed by atoms with Crippen molar-refractivity contribution < 1.29 is 117 Å². The number of aromatic carboxylic acids is 1. The molecule has 0 spiro atoms. The van der Waals surface area contributed by atoms with Crippen LogP contribution in [-0.4, -0.2) is 149 Å². The summed E-state index contributed by atoms with van der Waals surface area (Å²) < 4.78 is 153. The number of hydrogen-bond donors (Lipinski definition) is 2. The fourth-order valence-electron chi connectivity index (χ4n) is 9.16. The van der Waals surface area contributed by atoms with Crippen molar-refractivity contribution in [2.24, 2.45) is 0 Å². The molecular weight excluding hydrogens is 1160 g/mol. The molecule has 0 bridgehead atoms. The smallest absolute Gasteiger partial charge is 0.425 e. The van der Waals surface area contributed by atoms with Crippen molar-refractivity contribution in [3.63, 3.8) is 0 Å². The van der Waals surface area contributed by atoms with E-state index >= 15 is 0 Å². The lowest BCUT2D eigenvalue weighted by atomic mass is 10.0. The van der Waals surface area contributed by atoms with Crippen LogP contribution in [0.25, 0.3) is 12.2 Å². The molecule has 0 aliphatic carbocycles. The highest BCUT2D eigenvalue weighted by Crippen LogP contribution is 2.39. The number of carbonyl (C=O) groups excluding carboxylic acids is 3. The highest BCUT2D eigenvalue weighted by Gasteiger charge is 2.48. The summed E-state index contributed by atoms with van der Waals surface area (Å²) in [6, 6.07) is 21.9. The number of methoxy groups -OCH3 is 4. The number of hydrogen-bond acceptors (Lipinski definition) is 18. The lowest BCUT2D eigenvalue weighted by Gasteiger charge is -2.25. The predicted octanol–water partition coefficient (Wildman–Crippen LogP) is 11.3. The topological polar surface area (TPSA) is 229 Å². The molecule has 472 valence electrons. The van der Waals surface area contributed by atoms with Crippen LogP contribution in [0.15, 0.2) is 121 Å². The zero-order valence-electron chi connectivity index (χ0n) is 48.7. The molecule has 0 aromatic heterocycles. The Bertz CT molecular complexity index is 3070. The van der Waals surface area contributed by atoms with Gasteiger partial charge in [-0.3, -0.25) is 0 Å². The van der Waals surface area contributed by atoms with Crippen LogP contribution in [0, 0.1) is 0 Å². The summed E-state index contributed by atoms with van der Waals surface area (Å²) in [5.74, 6) is -5.64. The second-order valence-electron chi connectivity index (χ2n) is 20.4. The second kappa shape index (κ2) is 30.7. The Kier molecular flexibility index (Phi) is 24.1. The number of alkyl halides is 6. The largest absolute Gasteiger partial charge is 0.497 e. The fraction of sp³-hybridized carbons (Fsp3) is 0.419. The zero-order chi connectivity index (χ0) is 63.7. The van der Waals surface area contributed by atoms with Crippen molar-refractivity contribution in [2.45, 2.75) is 126 Å². The maximum atomic E-state index is 14.1. The molecule has 2 fully saturated rings. The summed E-state index contributed by atoms with van der Waals surface area (Å²) in [5, 5.41) is 19.3. The zero-order valence-corrected chi connectivity index (χ0v) is 48.7. The molecule has 0 radical (unpaired) electrons. The van der Waals surface area contributed by atoms with E-state index in [4.69, 9.17) is 61.6 Å². The first-order valence-electron chi connectivity index (χ1n) is 27.0. The molecule has 2 N–H and O–H groups in total. The molecule has 4 aromatic rings. The summed E-state index contributed by atoms with van der Waals surface area (Å²) in [7, 11) is 5.56. The lowest BCUT2D eigenvalue weighted by molar-refractivity contribution is -0.203. The molecule has 3 unspecified atom stereocenters. The number of ether oxygens (including phenoxy) is 13. The van der Waals surface area contributed by atoms with Gasteiger partial charge in [0.05, 0.1) is 37.6 Å². The van der Waals surface area contributed by atoms with Gasteiger partial charge in [-0.1, -0.05) is 72.9 Å². The first-order valence-corrected chi connectivity index (χ1v) is 27.0. The van der Waals surface area contributed by atoms with E-state index in [0.29, 0.717) is 5.75 Å². The molecule has 25 heteroatoms. The van der Waals surface area contributed by atoms with Gasteiger partial charge in [-0.05, 0) is 100 Å². The van der Waals surface area contributed by atoms with Crippen LogP contribution < -0.4 is 18.9 Å². The Hall–Kier alpha value is -7.78. The average molecular weight is 1230 g/mol. The van der Waals surface area contributed by atoms with E-state index in [1.165, 1.54) is 89.1 Å². The monoisotopic (exact) mass is 1230 g/mol. The SMILES string of the molecule is COCOc1cc(OC)cc(/C=C/C[C@@H]2OC(C)(C)O[C@@H]2C(/C=C\CC(O)C(F)(F)F)OC(=O)c2ccccc2)c1C(=O)O.COCOc1cc(OC)cc2c1C(=O)O[C@@H](C(F)(F)F)C/C=C\C(OC(=O)c1ccccc1)[C@H]1OC(C)(C)O[C@H]1C/C=C/2. The molecule has 7 rings (SSSR count). The van der Waals surface area contributed by atoms with Crippen LogP contribution in [0.2, 0.25) is 0 Å². The summed E-state index contributed by atoms with van der Waals surface area (Å²) in [4.78, 5) is 51.3. The van der Waals surface area contributed by atoms with Gasteiger partial charge in [0.2, 0.25) is 6.10 Å². The number of carboxylic acid groups (broad SMARTS) is 1. The Labute approximate surface area is 497 Å². The fourth-order valence-corrected chi connectivity index (χ4v) is 9.16. The van der Waals surface area contributed by atoms with E-state index in [9.17, 15) is 55.7 Å². The molecule has 4 aromatic carbocycles. The number of aliphatic hydroxyl groups is 1. The van der Waals surface area contributed by atoms with Crippen LogP contribution in [0.1, 0.15) is 106 Å². The minimum absolute atomic E-state index is 0.0249. The number of benzene rings is 4. The first-order chi connectivity index (χ1) is 41.2. The van der Waals surface area contributed by atoms with E-state index in [1.807, 2.05) is 0 Å². The van der Waals surface area contributed by atoms with Crippen molar-refractivity contribution in [3.05, 3.63) is 155 Å². The molecule has 3 aliphatic heterocycles. The van der Waals surface area contributed by atoms with Crippen LogP contribution in [-0.2, 0) is 42.6 Å². The standard InChI is InChI=1S/C31H35F3O10.C31H33F3O9/c1-30(2)43-23(14-8-12-20-16-21(40-4)17-24(41-18-39-3)26(20)28(36)37)27(44-30)22(13-9-15-25(35)31(32,33)34)42-29(38)19-10-6-5-7-11-19;1-30(2)42-23-14-8-12-20-16-21(38-4)17-24(39-18-37-3)26(20)29(36)41-25(31(32,33)34)15-9-13-22(27(23)43-30)40-28(35)19-10-6-5-7-11-19/h5-13,16-17,22-23,25,27,35H,14-15,18H2,1-4H3,(H,36,37);5-13,16-17,22-23,25,27H,14-15,18H2,1-4H3/b2*12-8+,13-9-/t22?,23-,25?,27+;22?,23-,25+,27+/m00/s1. The van der Waals surface area contributed by atoms with Gasteiger partial charge in [-0.25, -0.2) is 19.2 Å². The third-order valence-electron chi connectivity index (χ3n) is 13.0. The number of carbonyl (C=O) groups is 4. The maximum Gasteiger partial charge on any atom is 0.425 e. The van der Waals surface area contributed by atoms with E-state index in [-0.39, 0.29) is 77.1 Å². The number of halogens is 6. The Morgan fingerprint density at radius 3 is 1.93 bits per heavy atom. The van der Waals surface area contributed by atoms with Crippen LogP contribution in [0.3, 0.4) is 0 Å². The summed E-state index contributed by atoms with van der Waals surface area (Å²) in [6.07, 6.45) is -10.6. The van der Waals surface area contributed by atoms with Crippen LogP contribution in [0.4, 0.5) is 26.3 Å². The summed E-state index contributed by atoms with van der Waals surface area (Å²) >= 11 is 0. The number of esters is 3. The highest BCUT2D eigenvalue weighted by atomic mass is 19.4. The first kappa shape index (κ1) is 68.3. The quantitative estimate of drug-likeness (QED) is 0.0275. The molecule has 87 heavy (non-hydrogen) atoms. The number of cyclic esters (lactones) is 1. The Morgan fingerprint density at radius 1 is 0.736 bits per heavy atom. The van der Waals surface area contributed by atoms with Crippen LogP contribution in [0.5, 0.6) is 23.0 Å². The van der Waals surface area contributed by atoms with Gasteiger partial charge in [0.1, 0.15) is 58.5 Å². The number of carboxylic acids is 1. The number of aliphatic hydroxyl groups excluding tert-OH is 1. The third kappa shape index (κ3) is 19.6. The molecule has 3 aliphatic rings. The summed E-state index contributed by atoms with van der Waals surface area (Å²) in [5.41, 5.74) is 0.530.